The maximum absolute atomic E-state index is 14.6. The van der Waals surface area contributed by atoms with Crippen molar-refractivity contribution in [3.05, 3.63) is 35.6 Å². The van der Waals surface area contributed by atoms with Gasteiger partial charge in [-0.3, -0.25) is 0 Å². The van der Waals surface area contributed by atoms with Gasteiger partial charge in [-0.15, -0.1) is 0 Å². The van der Waals surface area contributed by atoms with Gasteiger partial charge in [-0.05, 0) is 42.3 Å². The van der Waals surface area contributed by atoms with Gasteiger partial charge in [0.2, 0.25) is 5.89 Å². The highest BCUT2D eigenvalue weighted by Crippen LogP contribution is 2.37. The summed E-state index contributed by atoms with van der Waals surface area (Å²) in [5.41, 5.74) is 1.23. The van der Waals surface area contributed by atoms with Crippen LogP contribution in [0.25, 0.3) is 16.9 Å². The lowest BCUT2D eigenvalue weighted by Crippen LogP contribution is -2.42. The number of nitrogens with zero attached hydrogens (tertiary/aromatic N) is 4. The molecule has 1 aliphatic heterocycles. The van der Waals surface area contributed by atoms with E-state index in [1.807, 2.05) is 19.9 Å². The van der Waals surface area contributed by atoms with Crippen LogP contribution in [-0.4, -0.2) is 45.7 Å². The van der Waals surface area contributed by atoms with E-state index in [4.69, 9.17) is 9.26 Å². The highest BCUT2D eigenvalue weighted by atomic mass is 19.1. The normalized spacial score (nSPS) is 24.5. The topological polar surface area (TPSA) is 78.0 Å². The first kappa shape index (κ1) is 18.7. The van der Waals surface area contributed by atoms with E-state index in [2.05, 4.69) is 20.6 Å². The zero-order valence-electron chi connectivity index (χ0n) is 16.8. The van der Waals surface area contributed by atoms with Crippen molar-refractivity contribution in [1.29, 1.82) is 0 Å². The van der Waals surface area contributed by atoms with Gasteiger partial charge < -0.3 is 14.6 Å². The largest absolute Gasteiger partial charge is 0.381 e. The number of halogens is 1. The monoisotopic (exact) mass is 399 g/mol. The van der Waals surface area contributed by atoms with Crippen LogP contribution in [0.4, 0.5) is 4.39 Å². The molecule has 1 saturated heterocycles. The Morgan fingerprint density at radius 2 is 2.17 bits per heavy atom. The molecule has 3 heterocycles. The minimum atomic E-state index is -0.336. The second-order valence-electron chi connectivity index (χ2n) is 8.52. The predicted molar refractivity (Wildman–Crippen MR) is 106 cm³/mol. The lowest BCUT2D eigenvalue weighted by Gasteiger charge is -2.34. The molecule has 2 aromatic heterocycles. The quantitative estimate of drug-likeness (QED) is 0.683. The van der Waals surface area contributed by atoms with Crippen LogP contribution in [0.2, 0.25) is 0 Å². The molecule has 0 bridgehead atoms. The minimum Gasteiger partial charge on any atom is -0.381 e. The Balaban J connectivity index is 1.31. The minimum absolute atomic E-state index is 0.163. The van der Waals surface area contributed by atoms with Crippen molar-refractivity contribution in [3.8, 4) is 5.95 Å². The number of hydrogen-bond acceptors (Lipinski definition) is 6. The summed E-state index contributed by atoms with van der Waals surface area (Å²) in [5.74, 6) is 1.59. The van der Waals surface area contributed by atoms with Crippen molar-refractivity contribution in [3.63, 3.8) is 0 Å². The van der Waals surface area contributed by atoms with Gasteiger partial charge in [-0.25, -0.2) is 4.39 Å². The molecule has 7 nitrogen and oxygen atoms in total. The first-order chi connectivity index (χ1) is 14.1. The van der Waals surface area contributed by atoms with E-state index in [1.165, 1.54) is 10.7 Å². The van der Waals surface area contributed by atoms with Gasteiger partial charge in [-0.2, -0.15) is 14.8 Å². The van der Waals surface area contributed by atoms with Crippen molar-refractivity contribution in [2.45, 2.75) is 51.0 Å². The van der Waals surface area contributed by atoms with E-state index in [-0.39, 0.29) is 17.7 Å². The van der Waals surface area contributed by atoms with Gasteiger partial charge in [-0.1, -0.05) is 26.0 Å². The van der Waals surface area contributed by atoms with Gasteiger partial charge in [0.25, 0.3) is 5.95 Å². The molecule has 8 heteroatoms. The molecule has 0 radical (unpaired) electrons. The molecule has 29 heavy (non-hydrogen) atoms. The average Bonchev–Trinajstić information content (AvgIpc) is 3.40. The average molecular weight is 399 g/mol. The molecule has 2 fully saturated rings. The Hall–Kier alpha value is -2.32. The van der Waals surface area contributed by atoms with Gasteiger partial charge in [0.15, 0.2) is 0 Å². The first-order valence-electron chi connectivity index (χ1n) is 10.4. The second kappa shape index (κ2) is 7.50. The summed E-state index contributed by atoms with van der Waals surface area (Å²) in [6.07, 6.45) is 3.09. The number of ether oxygens (including phenoxy) is 1. The molecule has 1 aliphatic carbocycles. The van der Waals surface area contributed by atoms with Crippen LogP contribution in [0.15, 0.2) is 22.7 Å². The summed E-state index contributed by atoms with van der Waals surface area (Å²) in [6, 6.07) is 5.50. The first-order valence-corrected chi connectivity index (χ1v) is 10.4. The Kier molecular flexibility index (Phi) is 4.83. The number of aromatic nitrogens is 4. The smallest absolute Gasteiger partial charge is 0.291 e. The SMILES string of the molecule is CC(C)c1nn(-c2noc(C3CC(NCC4CCOC4)C3)n2)c2c(F)cccc12. The Morgan fingerprint density at radius 3 is 2.93 bits per heavy atom. The van der Waals surface area contributed by atoms with E-state index in [1.54, 1.807) is 6.07 Å². The van der Waals surface area contributed by atoms with Crippen LogP contribution in [0.5, 0.6) is 0 Å². The van der Waals surface area contributed by atoms with Crippen LogP contribution in [-0.2, 0) is 4.74 Å². The Labute approximate surface area is 168 Å². The third kappa shape index (κ3) is 3.44. The number of para-hydroxylation sites is 1. The molecular weight excluding hydrogens is 373 g/mol. The van der Waals surface area contributed by atoms with Crippen LogP contribution < -0.4 is 5.32 Å². The molecule has 1 N–H and O–H groups in total. The lowest BCUT2D eigenvalue weighted by atomic mass is 9.80. The highest BCUT2D eigenvalue weighted by molar-refractivity contribution is 5.84. The predicted octanol–water partition coefficient (Wildman–Crippen LogP) is 3.54. The van der Waals surface area contributed by atoms with E-state index in [9.17, 15) is 4.39 Å². The maximum atomic E-state index is 14.6. The van der Waals surface area contributed by atoms with Crippen LogP contribution in [0.1, 0.15) is 56.5 Å². The third-order valence-corrected chi connectivity index (χ3v) is 6.06. The zero-order chi connectivity index (χ0) is 20.0. The molecule has 154 valence electrons. The number of hydrogen-bond donors (Lipinski definition) is 1. The van der Waals surface area contributed by atoms with Crippen LogP contribution >= 0.6 is 0 Å². The summed E-state index contributed by atoms with van der Waals surface area (Å²) in [6.45, 7) is 6.83. The number of nitrogens with one attached hydrogen (secondary N) is 1. The van der Waals surface area contributed by atoms with Crippen LogP contribution in [0.3, 0.4) is 0 Å². The number of fused-ring (bicyclic) bond motifs is 1. The van der Waals surface area contributed by atoms with Crippen molar-refractivity contribution in [2.75, 3.05) is 19.8 Å². The fourth-order valence-electron chi connectivity index (χ4n) is 4.26. The van der Waals surface area contributed by atoms with Gasteiger partial charge >= 0.3 is 0 Å². The number of benzene rings is 1. The fraction of sp³-hybridized carbons (Fsp3) is 0.571. The molecule has 3 aromatic rings. The fourth-order valence-corrected chi connectivity index (χ4v) is 4.26. The number of rotatable bonds is 6. The summed E-state index contributed by atoms with van der Waals surface area (Å²) in [5, 5.41) is 13.1. The van der Waals surface area contributed by atoms with Crippen molar-refractivity contribution in [2.24, 2.45) is 5.92 Å². The van der Waals surface area contributed by atoms with Gasteiger partial charge in [0, 0.05) is 30.5 Å². The van der Waals surface area contributed by atoms with E-state index in [0.717, 1.165) is 50.1 Å². The maximum Gasteiger partial charge on any atom is 0.291 e. The van der Waals surface area contributed by atoms with E-state index in [0.29, 0.717) is 29.3 Å². The second-order valence-corrected chi connectivity index (χ2v) is 8.52. The Bertz CT molecular complexity index is 1000. The van der Waals surface area contributed by atoms with E-state index >= 15 is 0 Å². The van der Waals surface area contributed by atoms with Gasteiger partial charge in [0.1, 0.15) is 11.3 Å². The summed E-state index contributed by atoms with van der Waals surface area (Å²) in [7, 11) is 0. The van der Waals surface area contributed by atoms with Crippen molar-refractivity contribution < 1.29 is 13.7 Å². The Morgan fingerprint density at radius 1 is 1.31 bits per heavy atom. The zero-order valence-corrected chi connectivity index (χ0v) is 16.8. The molecule has 1 unspecified atom stereocenters. The summed E-state index contributed by atoms with van der Waals surface area (Å²) < 4.78 is 27.0. The molecular formula is C21H26FN5O2. The summed E-state index contributed by atoms with van der Waals surface area (Å²) in [4.78, 5) is 4.55. The molecule has 0 spiro atoms. The molecule has 2 aliphatic rings. The standard InChI is InChI=1S/C21H26FN5O2/c1-12(2)18-16-4-3-5-17(22)19(16)27(25-18)21-24-20(29-26-21)14-8-15(9-14)23-10-13-6-7-28-11-13/h3-5,12-15,23H,6-11H2,1-2H3. The highest BCUT2D eigenvalue weighted by Gasteiger charge is 2.35. The molecule has 1 atom stereocenters. The molecule has 1 aromatic carbocycles. The lowest BCUT2D eigenvalue weighted by molar-refractivity contribution is 0.179. The van der Waals surface area contributed by atoms with Crippen LogP contribution in [0, 0.1) is 11.7 Å². The van der Waals surface area contributed by atoms with Crippen molar-refractivity contribution >= 4 is 10.9 Å². The molecule has 5 rings (SSSR count). The van der Waals surface area contributed by atoms with Gasteiger partial charge in [0.05, 0.1) is 12.3 Å². The van der Waals surface area contributed by atoms with E-state index < -0.39 is 0 Å². The third-order valence-electron chi connectivity index (χ3n) is 6.06. The molecule has 0 amide bonds. The van der Waals surface area contributed by atoms with Crippen molar-refractivity contribution in [1.82, 2.24) is 25.2 Å². The summed E-state index contributed by atoms with van der Waals surface area (Å²) >= 11 is 0. The molecule has 1 saturated carbocycles.